The maximum Gasteiger partial charge on any atom is -0.0126 e. The van der Waals surface area contributed by atoms with Crippen LogP contribution in [0.25, 0.3) is 0 Å². The minimum atomic E-state index is 0.0566. The monoisotopic (exact) mass is 589 g/mol. The molecule has 0 nitrogen and oxygen atoms in total. The van der Waals surface area contributed by atoms with E-state index in [0.717, 1.165) is 19.3 Å². The smallest absolute Gasteiger partial charge is 0.0126 e. The van der Waals surface area contributed by atoms with Crippen molar-refractivity contribution in [3.8, 4) is 0 Å². The predicted molar refractivity (Wildman–Crippen MR) is 196 cm³/mol. The Morgan fingerprint density at radius 2 is 0.721 bits per heavy atom. The summed E-state index contributed by atoms with van der Waals surface area (Å²) in [7, 11) is 0. The third kappa shape index (κ3) is 8.58. The summed E-state index contributed by atoms with van der Waals surface area (Å²) >= 11 is 0. The second-order valence-electron chi connectivity index (χ2n) is 20.8. The Labute approximate surface area is 270 Å². The second-order valence-corrected chi connectivity index (χ2v) is 20.8. The van der Waals surface area contributed by atoms with Crippen molar-refractivity contribution in [2.75, 3.05) is 0 Å². The largest absolute Gasteiger partial charge is 0.0579 e. The van der Waals surface area contributed by atoms with E-state index in [9.17, 15) is 0 Å². The molecule has 0 aromatic heterocycles. The third-order valence-corrected chi connectivity index (χ3v) is 9.02. The maximum absolute atomic E-state index is 2.64. The van der Waals surface area contributed by atoms with Crippen LogP contribution in [0.1, 0.15) is 202 Å². The molecule has 0 fully saturated rings. The molecule has 0 heteroatoms. The molecule has 2 aromatic rings. The molecule has 0 aliphatic carbocycles. The minimum Gasteiger partial charge on any atom is -0.0579 e. The summed E-state index contributed by atoms with van der Waals surface area (Å²) in [5.74, 6) is 0. The van der Waals surface area contributed by atoms with Gasteiger partial charge in [-0.1, -0.05) is 164 Å². The van der Waals surface area contributed by atoms with Gasteiger partial charge in [0.25, 0.3) is 0 Å². The Hall–Kier alpha value is -1.56. The van der Waals surface area contributed by atoms with Crippen molar-refractivity contribution in [3.05, 3.63) is 68.3 Å². The lowest BCUT2D eigenvalue weighted by Gasteiger charge is -2.42. The fraction of sp³-hybridized carbons (Fsp3) is 0.721. The fourth-order valence-electron chi connectivity index (χ4n) is 7.46. The summed E-state index contributed by atoms with van der Waals surface area (Å²) in [5.41, 5.74) is 14.6. The predicted octanol–water partition coefficient (Wildman–Crippen LogP) is 12.9. The van der Waals surface area contributed by atoms with Crippen molar-refractivity contribution in [1.82, 2.24) is 0 Å². The zero-order valence-electron chi connectivity index (χ0n) is 32.9. The number of hydrogen-bond acceptors (Lipinski definition) is 0. The second kappa shape index (κ2) is 11.7. The zero-order chi connectivity index (χ0) is 33.9. The molecule has 2 rings (SSSR count). The molecule has 0 bridgehead atoms. The van der Waals surface area contributed by atoms with Crippen molar-refractivity contribution < 1.29 is 0 Å². The van der Waals surface area contributed by atoms with Crippen LogP contribution in [0.15, 0.2) is 18.2 Å². The van der Waals surface area contributed by atoms with E-state index in [0.29, 0.717) is 0 Å². The van der Waals surface area contributed by atoms with Gasteiger partial charge < -0.3 is 0 Å². The lowest BCUT2D eigenvalue weighted by Crippen LogP contribution is -2.33. The maximum atomic E-state index is 2.64. The van der Waals surface area contributed by atoms with Crippen molar-refractivity contribution in [2.24, 2.45) is 0 Å². The van der Waals surface area contributed by atoms with Gasteiger partial charge in [0.05, 0.1) is 0 Å². The van der Waals surface area contributed by atoms with Crippen LogP contribution < -0.4 is 0 Å². The molecular formula is C43H72. The first-order valence-corrected chi connectivity index (χ1v) is 17.2. The first-order chi connectivity index (χ1) is 18.8. The molecule has 0 unspecified atom stereocenters. The van der Waals surface area contributed by atoms with Crippen LogP contribution in [-0.4, -0.2) is 0 Å². The van der Waals surface area contributed by atoms with E-state index in [2.05, 4.69) is 164 Å². The van der Waals surface area contributed by atoms with Crippen LogP contribution in [-0.2, 0) is 50.7 Å². The van der Waals surface area contributed by atoms with Crippen LogP contribution in [0, 0.1) is 0 Å². The van der Waals surface area contributed by atoms with E-state index >= 15 is 0 Å². The summed E-state index contributed by atoms with van der Waals surface area (Å²) < 4.78 is 0. The fourth-order valence-corrected chi connectivity index (χ4v) is 7.46. The van der Waals surface area contributed by atoms with Gasteiger partial charge >= 0.3 is 0 Å². The van der Waals surface area contributed by atoms with E-state index in [1.54, 1.807) is 33.4 Å². The summed E-state index contributed by atoms with van der Waals surface area (Å²) in [4.78, 5) is 0. The topological polar surface area (TPSA) is 0 Å². The Morgan fingerprint density at radius 1 is 0.349 bits per heavy atom. The van der Waals surface area contributed by atoms with E-state index < -0.39 is 0 Å². The highest BCUT2D eigenvalue weighted by molar-refractivity contribution is 5.57. The van der Waals surface area contributed by atoms with Crippen molar-refractivity contribution in [1.29, 1.82) is 0 Å². The van der Waals surface area contributed by atoms with E-state index in [4.69, 9.17) is 0 Å². The molecule has 0 heterocycles. The molecule has 0 spiro atoms. The van der Waals surface area contributed by atoms with Crippen molar-refractivity contribution in [3.63, 3.8) is 0 Å². The minimum absolute atomic E-state index is 0.0566. The highest BCUT2D eigenvalue weighted by atomic mass is 14.4. The molecule has 244 valence electrons. The van der Waals surface area contributed by atoms with Gasteiger partial charge in [-0.25, -0.2) is 0 Å². The molecule has 0 amide bonds. The summed E-state index contributed by atoms with van der Waals surface area (Å²) in [6, 6.07) is 7.54. The van der Waals surface area contributed by atoms with Gasteiger partial charge in [0.2, 0.25) is 0 Å². The SMILES string of the molecule is CC(C)(C)c1ccc(C(C)(C)C)c(C(C)(C)C)c1CCCc1cc(C(C)(C)C)c(C(C)(C)C)c(C(C)(C)C)c1C(C)(C)C. The Bertz CT molecular complexity index is 1280. The van der Waals surface area contributed by atoms with Gasteiger partial charge in [-0.3, -0.25) is 0 Å². The lowest BCUT2D eigenvalue weighted by molar-refractivity contribution is 0.472. The van der Waals surface area contributed by atoms with Crippen LogP contribution in [0.2, 0.25) is 0 Å². The first-order valence-electron chi connectivity index (χ1n) is 17.2. The average molecular weight is 589 g/mol. The van der Waals surface area contributed by atoms with Gasteiger partial charge in [0.15, 0.2) is 0 Å². The van der Waals surface area contributed by atoms with Crippen LogP contribution in [0.3, 0.4) is 0 Å². The van der Waals surface area contributed by atoms with E-state index in [1.165, 1.54) is 16.7 Å². The highest BCUT2D eigenvalue weighted by Crippen LogP contribution is 2.48. The normalized spacial score (nSPS) is 14.4. The third-order valence-electron chi connectivity index (χ3n) is 9.02. The molecule has 0 N–H and O–H groups in total. The van der Waals surface area contributed by atoms with Gasteiger partial charge in [-0.2, -0.15) is 0 Å². The number of benzene rings is 2. The molecule has 43 heavy (non-hydrogen) atoms. The summed E-state index contributed by atoms with van der Waals surface area (Å²) in [6.45, 7) is 50.7. The number of aryl methyl sites for hydroxylation is 1. The molecular weight excluding hydrogens is 516 g/mol. The molecule has 0 saturated carbocycles. The molecule has 2 aromatic carbocycles. The average Bonchev–Trinajstić information content (AvgIpc) is 2.72. The van der Waals surface area contributed by atoms with Gasteiger partial charge in [-0.05, 0) is 107 Å². The quantitative estimate of drug-likeness (QED) is 0.333. The Balaban J connectivity index is 2.92. The number of hydrogen-bond donors (Lipinski definition) is 0. The summed E-state index contributed by atoms with van der Waals surface area (Å²) in [5, 5.41) is 0. The Kier molecular flexibility index (Phi) is 10.2. The van der Waals surface area contributed by atoms with E-state index in [1.807, 2.05) is 0 Å². The van der Waals surface area contributed by atoms with Crippen molar-refractivity contribution in [2.45, 2.75) is 203 Å². The van der Waals surface area contributed by atoms with Crippen LogP contribution in [0.4, 0.5) is 0 Å². The van der Waals surface area contributed by atoms with Crippen LogP contribution in [0.5, 0.6) is 0 Å². The van der Waals surface area contributed by atoms with E-state index in [-0.39, 0.29) is 37.9 Å². The Morgan fingerprint density at radius 3 is 1.07 bits per heavy atom. The number of rotatable bonds is 4. The zero-order valence-corrected chi connectivity index (χ0v) is 32.9. The molecule has 0 atom stereocenters. The van der Waals surface area contributed by atoms with Gasteiger partial charge in [0.1, 0.15) is 0 Å². The van der Waals surface area contributed by atoms with Crippen LogP contribution >= 0.6 is 0 Å². The van der Waals surface area contributed by atoms with Gasteiger partial charge in [-0.15, -0.1) is 0 Å². The molecule has 0 aliphatic heterocycles. The summed E-state index contributed by atoms with van der Waals surface area (Å²) in [6.07, 6.45) is 3.38. The highest BCUT2D eigenvalue weighted by Gasteiger charge is 2.38. The molecule has 0 aliphatic rings. The first kappa shape index (κ1) is 37.6. The molecule has 0 radical (unpaired) electrons. The lowest BCUT2D eigenvalue weighted by atomic mass is 9.63. The standard InChI is InChI=1S/C43H72/c1-37(2,3)30-25-26-31(38(4,5)6)34(41(13,14)15)29(30)24-22-23-28-27-32(39(7,8)9)35(42(16,17)18)36(43(19,20)21)33(28)40(10,11)12/h25-27H,22-24H2,1-21H3. The van der Waals surface area contributed by atoms with Gasteiger partial charge in [0, 0.05) is 0 Å². The molecule has 0 saturated heterocycles. The van der Waals surface area contributed by atoms with Crippen molar-refractivity contribution >= 4 is 0 Å².